The first-order valence-corrected chi connectivity index (χ1v) is 9.65. The van der Waals surface area contributed by atoms with Crippen molar-refractivity contribution in [1.82, 2.24) is 15.1 Å². The maximum Gasteiger partial charge on any atom is 0.193 e. The molecule has 0 aliphatic carbocycles. The quantitative estimate of drug-likeness (QED) is 0.250. The van der Waals surface area contributed by atoms with Crippen molar-refractivity contribution in [3.8, 4) is 5.75 Å². The minimum absolute atomic E-state index is 0. The van der Waals surface area contributed by atoms with Crippen LogP contribution in [-0.2, 0) is 11.3 Å². The molecule has 0 bridgehead atoms. The molecule has 154 valence electrons. The van der Waals surface area contributed by atoms with E-state index in [1.54, 1.807) is 7.11 Å². The van der Waals surface area contributed by atoms with Crippen LogP contribution in [0.1, 0.15) is 25.3 Å². The summed E-state index contributed by atoms with van der Waals surface area (Å²) in [4.78, 5) is 9.44. The van der Waals surface area contributed by atoms with Crippen molar-refractivity contribution in [1.29, 1.82) is 0 Å². The topological polar surface area (TPSA) is 49.3 Å². The first kappa shape index (κ1) is 24.0. The summed E-state index contributed by atoms with van der Waals surface area (Å²) in [5, 5.41) is 3.39. The number of benzene rings is 1. The van der Waals surface area contributed by atoms with Gasteiger partial charge in [-0.2, -0.15) is 0 Å². The molecule has 27 heavy (non-hydrogen) atoms. The second kappa shape index (κ2) is 14.0. The SMILES string of the molecule is CCNC(=NCCCCN1CCOCC1)N(C)Cc1ccc(OC)cc1.I. The van der Waals surface area contributed by atoms with Crippen LogP contribution in [0, 0.1) is 0 Å². The second-order valence-corrected chi connectivity index (χ2v) is 6.60. The van der Waals surface area contributed by atoms with Gasteiger partial charge in [0.1, 0.15) is 5.75 Å². The van der Waals surface area contributed by atoms with E-state index >= 15 is 0 Å². The van der Waals surface area contributed by atoms with E-state index in [-0.39, 0.29) is 24.0 Å². The molecule has 0 saturated carbocycles. The van der Waals surface area contributed by atoms with Crippen LogP contribution in [0.15, 0.2) is 29.3 Å². The molecular weight excluding hydrogens is 455 g/mol. The van der Waals surface area contributed by atoms with E-state index in [9.17, 15) is 0 Å². The van der Waals surface area contributed by atoms with Crippen molar-refractivity contribution < 1.29 is 9.47 Å². The van der Waals surface area contributed by atoms with E-state index in [0.717, 1.165) is 70.6 Å². The van der Waals surface area contributed by atoms with Gasteiger partial charge in [0.05, 0.1) is 20.3 Å². The zero-order valence-electron chi connectivity index (χ0n) is 16.9. The lowest BCUT2D eigenvalue weighted by molar-refractivity contribution is 0.0373. The van der Waals surface area contributed by atoms with Crippen molar-refractivity contribution in [2.45, 2.75) is 26.3 Å². The summed E-state index contributed by atoms with van der Waals surface area (Å²) in [6.45, 7) is 9.69. The summed E-state index contributed by atoms with van der Waals surface area (Å²) in [5.41, 5.74) is 1.24. The molecular formula is C20H35IN4O2. The minimum atomic E-state index is 0. The van der Waals surface area contributed by atoms with Gasteiger partial charge < -0.3 is 19.7 Å². The summed E-state index contributed by atoms with van der Waals surface area (Å²) in [6.07, 6.45) is 2.30. The zero-order chi connectivity index (χ0) is 18.6. The fraction of sp³-hybridized carbons (Fsp3) is 0.650. The third kappa shape index (κ3) is 9.12. The molecule has 7 heteroatoms. The minimum Gasteiger partial charge on any atom is -0.497 e. The van der Waals surface area contributed by atoms with E-state index in [0.29, 0.717) is 0 Å². The van der Waals surface area contributed by atoms with Gasteiger partial charge in [0, 0.05) is 39.8 Å². The maximum atomic E-state index is 5.39. The van der Waals surface area contributed by atoms with Crippen molar-refractivity contribution in [2.24, 2.45) is 4.99 Å². The van der Waals surface area contributed by atoms with Gasteiger partial charge in [-0.05, 0) is 44.0 Å². The lowest BCUT2D eigenvalue weighted by atomic mass is 10.2. The van der Waals surface area contributed by atoms with Gasteiger partial charge in [0.15, 0.2) is 5.96 Å². The Labute approximate surface area is 181 Å². The molecule has 1 fully saturated rings. The van der Waals surface area contributed by atoms with Crippen LogP contribution in [0.5, 0.6) is 5.75 Å². The lowest BCUT2D eigenvalue weighted by Crippen LogP contribution is -2.38. The number of rotatable bonds is 9. The highest BCUT2D eigenvalue weighted by Gasteiger charge is 2.09. The number of aliphatic imine (C=N–C) groups is 1. The molecule has 1 aromatic carbocycles. The number of ether oxygens (including phenoxy) is 2. The number of nitrogens with one attached hydrogen (secondary N) is 1. The van der Waals surface area contributed by atoms with Crippen LogP contribution >= 0.6 is 24.0 Å². The average Bonchev–Trinajstić information content (AvgIpc) is 2.68. The molecule has 1 N–H and O–H groups in total. The molecule has 0 atom stereocenters. The van der Waals surface area contributed by atoms with Gasteiger partial charge in [-0.25, -0.2) is 0 Å². The summed E-state index contributed by atoms with van der Waals surface area (Å²) in [7, 11) is 3.77. The lowest BCUT2D eigenvalue weighted by Gasteiger charge is -2.26. The second-order valence-electron chi connectivity index (χ2n) is 6.60. The van der Waals surface area contributed by atoms with Crippen LogP contribution in [0.25, 0.3) is 0 Å². The zero-order valence-corrected chi connectivity index (χ0v) is 19.3. The Morgan fingerprint density at radius 2 is 1.93 bits per heavy atom. The van der Waals surface area contributed by atoms with Gasteiger partial charge in [-0.3, -0.25) is 9.89 Å². The normalized spacial score (nSPS) is 15.1. The van der Waals surface area contributed by atoms with Crippen LogP contribution < -0.4 is 10.1 Å². The summed E-state index contributed by atoms with van der Waals surface area (Å²) in [6, 6.07) is 8.19. The maximum absolute atomic E-state index is 5.39. The first-order chi connectivity index (χ1) is 12.7. The number of halogens is 1. The van der Waals surface area contributed by atoms with E-state index in [2.05, 4.69) is 41.2 Å². The molecule has 0 radical (unpaired) electrons. The molecule has 6 nitrogen and oxygen atoms in total. The third-order valence-corrected chi connectivity index (χ3v) is 4.52. The van der Waals surface area contributed by atoms with Gasteiger partial charge >= 0.3 is 0 Å². The first-order valence-electron chi connectivity index (χ1n) is 9.65. The molecule has 1 aromatic rings. The molecule has 0 aromatic heterocycles. The monoisotopic (exact) mass is 490 g/mol. The van der Waals surface area contributed by atoms with Crippen molar-refractivity contribution in [3.05, 3.63) is 29.8 Å². The van der Waals surface area contributed by atoms with E-state index in [1.807, 2.05) is 12.1 Å². The van der Waals surface area contributed by atoms with Gasteiger partial charge in [-0.15, -0.1) is 24.0 Å². The summed E-state index contributed by atoms with van der Waals surface area (Å²) < 4.78 is 10.6. The number of unbranched alkanes of at least 4 members (excludes halogenated alkanes) is 1. The molecule has 1 aliphatic heterocycles. The van der Waals surface area contributed by atoms with Crippen molar-refractivity contribution in [2.75, 3.05) is 60.1 Å². The Morgan fingerprint density at radius 1 is 1.22 bits per heavy atom. The highest BCUT2D eigenvalue weighted by atomic mass is 127. The Kier molecular flexibility index (Phi) is 12.4. The highest BCUT2D eigenvalue weighted by molar-refractivity contribution is 14.0. The molecule has 0 amide bonds. The summed E-state index contributed by atoms with van der Waals surface area (Å²) >= 11 is 0. The Bertz CT molecular complexity index is 533. The molecule has 1 saturated heterocycles. The van der Waals surface area contributed by atoms with Crippen LogP contribution in [0.2, 0.25) is 0 Å². The third-order valence-electron chi connectivity index (χ3n) is 4.52. The number of hydrogen-bond donors (Lipinski definition) is 1. The largest absolute Gasteiger partial charge is 0.497 e. The smallest absolute Gasteiger partial charge is 0.193 e. The van der Waals surface area contributed by atoms with Crippen LogP contribution in [-0.4, -0.2) is 75.9 Å². The van der Waals surface area contributed by atoms with Crippen LogP contribution in [0.3, 0.4) is 0 Å². The molecule has 1 heterocycles. The number of hydrogen-bond acceptors (Lipinski definition) is 4. The van der Waals surface area contributed by atoms with Crippen molar-refractivity contribution in [3.63, 3.8) is 0 Å². The number of morpholine rings is 1. The molecule has 0 unspecified atom stereocenters. The predicted molar refractivity (Wildman–Crippen MR) is 122 cm³/mol. The van der Waals surface area contributed by atoms with Gasteiger partial charge in [-0.1, -0.05) is 12.1 Å². The van der Waals surface area contributed by atoms with E-state index in [1.165, 1.54) is 12.0 Å². The molecule has 0 spiro atoms. The number of guanidine groups is 1. The van der Waals surface area contributed by atoms with Crippen molar-refractivity contribution >= 4 is 29.9 Å². The Morgan fingerprint density at radius 3 is 2.56 bits per heavy atom. The van der Waals surface area contributed by atoms with E-state index < -0.39 is 0 Å². The molecule has 2 rings (SSSR count). The standard InChI is InChI=1S/C20H34N4O2.HI/c1-4-21-20(22-11-5-6-12-24-13-15-26-16-14-24)23(2)17-18-7-9-19(25-3)10-8-18;/h7-10H,4-6,11-17H2,1-3H3,(H,21,22);1H. The van der Waals surface area contributed by atoms with Gasteiger partial charge in [0.2, 0.25) is 0 Å². The predicted octanol–water partition coefficient (Wildman–Crippen LogP) is 2.82. The number of methoxy groups -OCH3 is 1. The fourth-order valence-electron chi connectivity index (χ4n) is 3.01. The summed E-state index contributed by atoms with van der Waals surface area (Å²) in [5.74, 6) is 1.85. The van der Waals surface area contributed by atoms with E-state index in [4.69, 9.17) is 14.5 Å². The highest BCUT2D eigenvalue weighted by Crippen LogP contribution is 2.12. The molecule has 1 aliphatic rings. The average molecular weight is 490 g/mol. The number of nitrogens with zero attached hydrogens (tertiary/aromatic N) is 3. The Hall–Kier alpha value is -1.06. The van der Waals surface area contributed by atoms with Gasteiger partial charge in [0.25, 0.3) is 0 Å². The van der Waals surface area contributed by atoms with Crippen LogP contribution in [0.4, 0.5) is 0 Å². The Balaban J connectivity index is 0.00000364. The fourth-order valence-corrected chi connectivity index (χ4v) is 3.01.